The first-order valence-corrected chi connectivity index (χ1v) is 7.92. The van der Waals surface area contributed by atoms with Crippen LogP contribution in [-0.2, 0) is 6.54 Å². The van der Waals surface area contributed by atoms with Crippen molar-refractivity contribution in [1.29, 1.82) is 0 Å². The molecule has 0 radical (unpaired) electrons. The van der Waals surface area contributed by atoms with E-state index in [4.69, 9.17) is 5.73 Å². The number of rotatable bonds is 5. The van der Waals surface area contributed by atoms with Gasteiger partial charge in [-0.1, -0.05) is 42.5 Å². The van der Waals surface area contributed by atoms with Gasteiger partial charge in [-0.25, -0.2) is 0 Å². The lowest BCUT2D eigenvalue weighted by Crippen LogP contribution is -2.10. The van der Waals surface area contributed by atoms with Gasteiger partial charge in [0.1, 0.15) is 0 Å². The molecule has 0 saturated heterocycles. The van der Waals surface area contributed by atoms with Crippen LogP contribution in [0.1, 0.15) is 22.7 Å². The lowest BCUT2D eigenvalue weighted by atomic mass is 10.0. The second kappa shape index (κ2) is 6.57. The molecule has 3 rings (SSSR count). The summed E-state index contributed by atoms with van der Waals surface area (Å²) in [5.41, 5.74) is 11.0. The van der Waals surface area contributed by atoms with Gasteiger partial charge in [-0.3, -0.25) is 0 Å². The Balaban J connectivity index is 1.64. The fourth-order valence-corrected chi connectivity index (χ4v) is 2.95. The van der Waals surface area contributed by atoms with Gasteiger partial charge in [0.15, 0.2) is 0 Å². The van der Waals surface area contributed by atoms with Gasteiger partial charge in [-0.05, 0) is 45.6 Å². The fraction of sp³-hybridized carbons (Fsp3) is 0.111. The molecule has 0 unspecified atom stereocenters. The summed E-state index contributed by atoms with van der Waals surface area (Å²) in [6.07, 6.45) is 0. The average molecular weight is 294 g/mol. The Hall–Kier alpha value is -2.10. The predicted molar refractivity (Wildman–Crippen MR) is 90.6 cm³/mol. The first kappa shape index (κ1) is 13.9. The van der Waals surface area contributed by atoms with Crippen molar-refractivity contribution >= 4 is 17.0 Å². The molecule has 0 amide bonds. The third-order valence-electron chi connectivity index (χ3n) is 3.51. The van der Waals surface area contributed by atoms with Crippen LogP contribution in [0.4, 0.5) is 5.69 Å². The molecule has 1 heterocycles. The summed E-state index contributed by atoms with van der Waals surface area (Å²) >= 11 is 1.68. The first-order valence-electron chi connectivity index (χ1n) is 6.98. The molecule has 0 saturated carbocycles. The van der Waals surface area contributed by atoms with Crippen LogP contribution in [0.25, 0.3) is 0 Å². The first-order chi connectivity index (χ1) is 10.3. The highest BCUT2D eigenvalue weighted by Crippen LogP contribution is 2.23. The van der Waals surface area contributed by atoms with Crippen molar-refractivity contribution in [3.63, 3.8) is 0 Å². The molecule has 0 bridgehead atoms. The van der Waals surface area contributed by atoms with Crippen LogP contribution >= 0.6 is 11.3 Å². The van der Waals surface area contributed by atoms with Crippen molar-refractivity contribution in [2.45, 2.75) is 12.6 Å². The predicted octanol–water partition coefficient (Wildman–Crippen LogP) is 4.41. The maximum atomic E-state index is 6.26. The number of anilines is 1. The maximum Gasteiger partial charge on any atom is 0.0559 e. The summed E-state index contributed by atoms with van der Waals surface area (Å²) in [5.74, 6) is 0. The topological polar surface area (TPSA) is 38.0 Å². The average Bonchev–Trinajstić information content (AvgIpc) is 3.08. The van der Waals surface area contributed by atoms with E-state index >= 15 is 0 Å². The lowest BCUT2D eigenvalue weighted by molar-refractivity contribution is 0.877. The van der Waals surface area contributed by atoms with Gasteiger partial charge in [0.2, 0.25) is 0 Å². The summed E-state index contributed by atoms with van der Waals surface area (Å²) in [4.78, 5) is 0. The Bertz CT molecular complexity index is 660. The molecule has 0 spiro atoms. The van der Waals surface area contributed by atoms with Crippen LogP contribution in [0.2, 0.25) is 0 Å². The monoisotopic (exact) mass is 294 g/mol. The Morgan fingerprint density at radius 3 is 2.33 bits per heavy atom. The third-order valence-corrected chi connectivity index (χ3v) is 4.21. The molecule has 3 N–H and O–H groups in total. The standard InChI is InChI=1S/C18H18N2S/c19-18(16-10-11-21-13-16)15-6-8-17(9-7-15)20-12-14-4-2-1-3-5-14/h1-11,13,18,20H,12,19H2/t18-/m0/s1. The molecule has 21 heavy (non-hydrogen) atoms. The molecular formula is C18H18N2S. The fourth-order valence-electron chi connectivity index (χ4n) is 2.25. The molecule has 2 nitrogen and oxygen atoms in total. The van der Waals surface area contributed by atoms with E-state index in [1.54, 1.807) is 11.3 Å². The quantitative estimate of drug-likeness (QED) is 0.731. The SMILES string of the molecule is N[C@@H](c1ccc(NCc2ccccc2)cc1)c1ccsc1. The van der Waals surface area contributed by atoms with Crippen LogP contribution in [0.3, 0.4) is 0 Å². The number of nitrogens with one attached hydrogen (secondary N) is 1. The smallest absolute Gasteiger partial charge is 0.0559 e. The molecule has 3 heteroatoms. The van der Waals surface area contributed by atoms with Crippen molar-refractivity contribution in [1.82, 2.24) is 0 Å². The summed E-state index contributed by atoms with van der Waals surface area (Å²) in [5, 5.41) is 7.59. The van der Waals surface area contributed by atoms with E-state index in [0.29, 0.717) is 0 Å². The highest BCUT2D eigenvalue weighted by atomic mass is 32.1. The number of hydrogen-bond acceptors (Lipinski definition) is 3. The van der Waals surface area contributed by atoms with E-state index in [2.05, 4.69) is 70.7 Å². The van der Waals surface area contributed by atoms with Crippen molar-refractivity contribution in [2.75, 3.05) is 5.32 Å². The lowest BCUT2D eigenvalue weighted by Gasteiger charge is -2.12. The number of thiophene rings is 1. The van der Waals surface area contributed by atoms with Crippen LogP contribution in [-0.4, -0.2) is 0 Å². The van der Waals surface area contributed by atoms with Crippen molar-refractivity contribution in [2.24, 2.45) is 5.73 Å². The molecule has 0 aliphatic carbocycles. The molecular weight excluding hydrogens is 276 g/mol. The molecule has 106 valence electrons. The van der Waals surface area contributed by atoms with E-state index < -0.39 is 0 Å². The van der Waals surface area contributed by atoms with Crippen molar-refractivity contribution in [3.8, 4) is 0 Å². The zero-order valence-electron chi connectivity index (χ0n) is 11.7. The zero-order chi connectivity index (χ0) is 14.5. The van der Waals surface area contributed by atoms with E-state index in [1.807, 2.05) is 6.07 Å². The molecule has 0 aliphatic rings. The van der Waals surface area contributed by atoms with Crippen molar-refractivity contribution in [3.05, 3.63) is 88.1 Å². The highest BCUT2D eigenvalue weighted by molar-refractivity contribution is 7.08. The largest absolute Gasteiger partial charge is 0.381 e. The second-order valence-corrected chi connectivity index (χ2v) is 5.78. The van der Waals surface area contributed by atoms with E-state index in [9.17, 15) is 0 Å². The molecule has 0 fully saturated rings. The molecule has 1 aromatic heterocycles. The minimum atomic E-state index is -0.0422. The van der Waals surface area contributed by atoms with Crippen LogP contribution < -0.4 is 11.1 Å². The number of hydrogen-bond donors (Lipinski definition) is 2. The van der Waals surface area contributed by atoms with Gasteiger partial charge in [0.05, 0.1) is 6.04 Å². The normalized spacial score (nSPS) is 12.0. The Morgan fingerprint density at radius 1 is 0.905 bits per heavy atom. The molecule has 0 aliphatic heterocycles. The van der Waals surface area contributed by atoms with Gasteiger partial charge in [-0.2, -0.15) is 11.3 Å². The summed E-state index contributed by atoms with van der Waals surface area (Å²) in [7, 11) is 0. The van der Waals surface area contributed by atoms with Crippen LogP contribution in [0.15, 0.2) is 71.4 Å². The van der Waals surface area contributed by atoms with Crippen LogP contribution in [0, 0.1) is 0 Å². The Labute approximate surface area is 129 Å². The number of benzene rings is 2. The Morgan fingerprint density at radius 2 is 1.67 bits per heavy atom. The molecule has 3 aromatic rings. The minimum absolute atomic E-state index is 0.0422. The van der Waals surface area contributed by atoms with Crippen molar-refractivity contribution < 1.29 is 0 Å². The van der Waals surface area contributed by atoms with Crippen LogP contribution in [0.5, 0.6) is 0 Å². The summed E-state index contributed by atoms with van der Waals surface area (Å²) < 4.78 is 0. The minimum Gasteiger partial charge on any atom is -0.381 e. The second-order valence-electron chi connectivity index (χ2n) is 5.00. The number of nitrogens with two attached hydrogens (primary N) is 1. The molecule has 1 atom stereocenters. The van der Waals surface area contributed by atoms with E-state index in [0.717, 1.165) is 17.8 Å². The summed E-state index contributed by atoms with van der Waals surface area (Å²) in [6.45, 7) is 0.830. The van der Waals surface area contributed by atoms with Gasteiger partial charge < -0.3 is 11.1 Å². The van der Waals surface area contributed by atoms with Gasteiger partial charge in [-0.15, -0.1) is 0 Å². The highest BCUT2D eigenvalue weighted by Gasteiger charge is 2.08. The van der Waals surface area contributed by atoms with E-state index in [-0.39, 0.29) is 6.04 Å². The zero-order valence-corrected chi connectivity index (χ0v) is 12.5. The van der Waals surface area contributed by atoms with E-state index in [1.165, 1.54) is 11.1 Å². The van der Waals surface area contributed by atoms with Gasteiger partial charge in [0.25, 0.3) is 0 Å². The Kier molecular flexibility index (Phi) is 4.34. The van der Waals surface area contributed by atoms with Gasteiger partial charge in [0, 0.05) is 12.2 Å². The maximum absolute atomic E-state index is 6.26. The molecule has 2 aromatic carbocycles. The summed E-state index contributed by atoms with van der Waals surface area (Å²) in [6, 6.07) is 20.8. The van der Waals surface area contributed by atoms with Gasteiger partial charge >= 0.3 is 0 Å². The third kappa shape index (κ3) is 3.51.